The summed E-state index contributed by atoms with van der Waals surface area (Å²) in [6.07, 6.45) is 2.45. The molecule has 2 rings (SSSR count). The number of anilines is 1. The van der Waals surface area contributed by atoms with Crippen molar-refractivity contribution in [3.8, 4) is 6.07 Å². The maximum absolute atomic E-state index is 8.78. The second kappa shape index (κ2) is 5.15. The van der Waals surface area contributed by atoms with E-state index in [0.29, 0.717) is 5.69 Å². The van der Waals surface area contributed by atoms with Crippen LogP contribution in [0.1, 0.15) is 25.5 Å². The molecule has 0 aromatic carbocycles. The van der Waals surface area contributed by atoms with Gasteiger partial charge in [0.25, 0.3) is 0 Å². The van der Waals surface area contributed by atoms with E-state index in [-0.39, 0.29) is 5.41 Å². The van der Waals surface area contributed by atoms with Crippen LogP contribution in [0.2, 0.25) is 0 Å². The van der Waals surface area contributed by atoms with Crippen LogP contribution >= 0.6 is 0 Å². The molecule has 1 saturated heterocycles. The van der Waals surface area contributed by atoms with Crippen LogP contribution in [-0.2, 0) is 0 Å². The smallest absolute Gasteiger partial charge is 0.142 e. The summed E-state index contributed by atoms with van der Waals surface area (Å²) in [5, 5.41) is 15.5. The number of nitrogens with zero attached hydrogens (tertiary/aromatic N) is 2. The van der Waals surface area contributed by atoms with E-state index in [0.717, 1.165) is 25.5 Å². The Hall–Kier alpha value is -1.60. The molecule has 0 spiro atoms. The van der Waals surface area contributed by atoms with Crippen molar-refractivity contribution in [2.45, 2.75) is 19.8 Å². The van der Waals surface area contributed by atoms with Gasteiger partial charge in [-0.15, -0.1) is 0 Å². The SMILES string of the molecule is CC1(CNc2cccc(C#N)n2)CCCNC1. The molecule has 4 heteroatoms. The van der Waals surface area contributed by atoms with Crippen molar-refractivity contribution >= 4 is 5.82 Å². The fourth-order valence-corrected chi connectivity index (χ4v) is 2.17. The first kappa shape index (κ1) is 11.9. The molecule has 0 saturated carbocycles. The molecule has 1 aromatic heterocycles. The lowest BCUT2D eigenvalue weighted by Gasteiger charge is -2.34. The van der Waals surface area contributed by atoms with Crippen LogP contribution in [0.15, 0.2) is 18.2 Å². The summed E-state index contributed by atoms with van der Waals surface area (Å²) < 4.78 is 0. The highest BCUT2D eigenvalue weighted by atomic mass is 15.0. The second-order valence-electron chi connectivity index (χ2n) is 4.96. The molecule has 1 unspecified atom stereocenters. The minimum atomic E-state index is 0.280. The van der Waals surface area contributed by atoms with Crippen LogP contribution in [0.5, 0.6) is 0 Å². The van der Waals surface area contributed by atoms with Gasteiger partial charge in [-0.2, -0.15) is 5.26 Å². The molecular weight excluding hydrogens is 212 g/mol. The summed E-state index contributed by atoms with van der Waals surface area (Å²) in [5.74, 6) is 0.788. The molecule has 1 aromatic rings. The Bertz CT molecular complexity index is 416. The molecule has 1 atom stereocenters. The molecule has 2 N–H and O–H groups in total. The van der Waals surface area contributed by atoms with Crippen molar-refractivity contribution in [3.63, 3.8) is 0 Å². The van der Waals surface area contributed by atoms with E-state index >= 15 is 0 Å². The Morgan fingerprint density at radius 2 is 2.47 bits per heavy atom. The number of rotatable bonds is 3. The van der Waals surface area contributed by atoms with Gasteiger partial charge in [-0.1, -0.05) is 13.0 Å². The van der Waals surface area contributed by atoms with Crippen molar-refractivity contribution in [1.82, 2.24) is 10.3 Å². The number of hydrogen-bond acceptors (Lipinski definition) is 4. The van der Waals surface area contributed by atoms with Crippen molar-refractivity contribution < 1.29 is 0 Å². The van der Waals surface area contributed by atoms with Crippen LogP contribution in [0.3, 0.4) is 0 Å². The molecule has 0 aliphatic carbocycles. The molecule has 1 aliphatic heterocycles. The van der Waals surface area contributed by atoms with Gasteiger partial charge in [-0.3, -0.25) is 0 Å². The number of pyridine rings is 1. The van der Waals surface area contributed by atoms with E-state index in [9.17, 15) is 0 Å². The quantitative estimate of drug-likeness (QED) is 0.830. The van der Waals surface area contributed by atoms with E-state index in [4.69, 9.17) is 5.26 Å². The largest absolute Gasteiger partial charge is 0.369 e. The Morgan fingerprint density at radius 3 is 3.18 bits per heavy atom. The zero-order valence-electron chi connectivity index (χ0n) is 10.2. The fraction of sp³-hybridized carbons (Fsp3) is 0.538. The minimum absolute atomic E-state index is 0.280. The van der Waals surface area contributed by atoms with Crippen LogP contribution in [0.4, 0.5) is 5.82 Å². The topological polar surface area (TPSA) is 60.7 Å². The van der Waals surface area contributed by atoms with Gasteiger partial charge in [-0.25, -0.2) is 4.98 Å². The lowest BCUT2D eigenvalue weighted by Crippen LogP contribution is -2.42. The highest BCUT2D eigenvalue weighted by Crippen LogP contribution is 2.25. The van der Waals surface area contributed by atoms with Gasteiger partial charge in [0.2, 0.25) is 0 Å². The number of nitrogens with one attached hydrogen (secondary N) is 2. The molecule has 17 heavy (non-hydrogen) atoms. The number of aromatic nitrogens is 1. The van der Waals surface area contributed by atoms with E-state index in [1.165, 1.54) is 12.8 Å². The third-order valence-corrected chi connectivity index (χ3v) is 3.25. The zero-order valence-corrected chi connectivity index (χ0v) is 10.2. The summed E-state index contributed by atoms with van der Waals surface area (Å²) in [6, 6.07) is 7.53. The highest BCUT2D eigenvalue weighted by molar-refractivity contribution is 5.38. The van der Waals surface area contributed by atoms with Crippen LogP contribution in [0, 0.1) is 16.7 Å². The van der Waals surface area contributed by atoms with E-state index < -0.39 is 0 Å². The maximum Gasteiger partial charge on any atom is 0.142 e. The molecule has 4 nitrogen and oxygen atoms in total. The molecule has 2 heterocycles. The van der Waals surface area contributed by atoms with Gasteiger partial charge in [-0.05, 0) is 36.9 Å². The number of nitriles is 1. The zero-order chi connectivity index (χ0) is 12.1. The first-order chi connectivity index (χ1) is 8.22. The summed E-state index contributed by atoms with van der Waals surface area (Å²) >= 11 is 0. The number of piperidine rings is 1. The van der Waals surface area contributed by atoms with Gasteiger partial charge in [0, 0.05) is 13.1 Å². The van der Waals surface area contributed by atoms with Gasteiger partial charge < -0.3 is 10.6 Å². The average Bonchev–Trinajstić information content (AvgIpc) is 2.38. The van der Waals surface area contributed by atoms with E-state index in [1.54, 1.807) is 6.07 Å². The maximum atomic E-state index is 8.78. The molecule has 0 radical (unpaired) electrons. The standard InChI is InChI=1S/C13H18N4/c1-13(6-3-7-15-9-13)10-16-12-5-2-4-11(8-14)17-12/h2,4-5,15H,3,6-7,9-10H2,1H3,(H,16,17). The summed E-state index contributed by atoms with van der Waals surface area (Å²) in [5.41, 5.74) is 0.740. The molecule has 1 aliphatic rings. The molecular formula is C13H18N4. The third-order valence-electron chi connectivity index (χ3n) is 3.25. The van der Waals surface area contributed by atoms with E-state index in [2.05, 4.69) is 28.6 Å². The average molecular weight is 230 g/mol. The van der Waals surface area contributed by atoms with Gasteiger partial charge >= 0.3 is 0 Å². The molecule has 0 amide bonds. The Balaban J connectivity index is 1.95. The lowest BCUT2D eigenvalue weighted by atomic mass is 9.83. The monoisotopic (exact) mass is 230 g/mol. The van der Waals surface area contributed by atoms with Crippen molar-refractivity contribution in [1.29, 1.82) is 5.26 Å². The van der Waals surface area contributed by atoms with Gasteiger partial charge in [0.05, 0.1) is 0 Å². The third kappa shape index (κ3) is 3.18. The van der Waals surface area contributed by atoms with E-state index in [1.807, 2.05) is 12.1 Å². The molecule has 0 bridgehead atoms. The predicted molar refractivity (Wildman–Crippen MR) is 67.7 cm³/mol. The Morgan fingerprint density at radius 1 is 1.59 bits per heavy atom. The van der Waals surface area contributed by atoms with Crippen molar-refractivity contribution in [2.75, 3.05) is 25.0 Å². The summed E-state index contributed by atoms with van der Waals surface area (Å²) in [6.45, 7) is 5.33. The predicted octanol–water partition coefficient (Wildman–Crippen LogP) is 1.75. The molecule has 90 valence electrons. The Labute approximate surface area is 102 Å². The first-order valence-electron chi connectivity index (χ1n) is 6.04. The second-order valence-corrected chi connectivity index (χ2v) is 4.96. The first-order valence-corrected chi connectivity index (χ1v) is 6.04. The van der Waals surface area contributed by atoms with Crippen LogP contribution in [0.25, 0.3) is 0 Å². The minimum Gasteiger partial charge on any atom is -0.369 e. The Kier molecular flexibility index (Phi) is 3.60. The van der Waals surface area contributed by atoms with Gasteiger partial charge in [0.15, 0.2) is 0 Å². The van der Waals surface area contributed by atoms with Crippen LogP contribution in [-0.4, -0.2) is 24.6 Å². The van der Waals surface area contributed by atoms with Crippen molar-refractivity contribution in [3.05, 3.63) is 23.9 Å². The summed E-state index contributed by atoms with van der Waals surface area (Å²) in [7, 11) is 0. The normalized spacial score (nSPS) is 24.0. The van der Waals surface area contributed by atoms with Crippen LogP contribution < -0.4 is 10.6 Å². The highest BCUT2D eigenvalue weighted by Gasteiger charge is 2.26. The van der Waals surface area contributed by atoms with Crippen molar-refractivity contribution in [2.24, 2.45) is 5.41 Å². The number of hydrogen-bond donors (Lipinski definition) is 2. The lowest BCUT2D eigenvalue weighted by molar-refractivity contribution is 0.253. The van der Waals surface area contributed by atoms with Gasteiger partial charge in [0.1, 0.15) is 17.6 Å². The molecule has 1 fully saturated rings. The fourth-order valence-electron chi connectivity index (χ4n) is 2.17. The summed E-state index contributed by atoms with van der Waals surface area (Å²) in [4.78, 5) is 4.21.